The molecule has 0 atom stereocenters. The van der Waals surface area contributed by atoms with E-state index in [4.69, 9.17) is 9.47 Å². The summed E-state index contributed by atoms with van der Waals surface area (Å²) in [4.78, 5) is 12.3. The van der Waals surface area contributed by atoms with Crippen LogP contribution in [0.15, 0.2) is 23.1 Å². The number of sulfonamides is 1. The van der Waals surface area contributed by atoms with Crippen molar-refractivity contribution in [2.75, 3.05) is 20.8 Å². The molecule has 2 rings (SSSR count). The Morgan fingerprint density at radius 2 is 1.73 bits per heavy atom. The first-order chi connectivity index (χ1) is 14.1. The number of ether oxygens (including phenoxy) is 2. The van der Waals surface area contributed by atoms with Gasteiger partial charge in [0.2, 0.25) is 15.9 Å². The van der Waals surface area contributed by atoms with Crippen LogP contribution in [-0.2, 0) is 14.8 Å². The van der Waals surface area contributed by atoms with Gasteiger partial charge in [0.05, 0.1) is 19.1 Å². The lowest BCUT2D eigenvalue weighted by Crippen LogP contribution is -2.41. The minimum atomic E-state index is -3.74. The van der Waals surface area contributed by atoms with Crippen molar-refractivity contribution >= 4 is 15.9 Å². The number of rotatable bonds is 10. The molecule has 1 aromatic carbocycles. The van der Waals surface area contributed by atoms with E-state index in [0.29, 0.717) is 22.8 Å². The lowest BCUT2D eigenvalue weighted by Gasteiger charge is -2.39. The van der Waals surface area contributed by atoms with Gasteiger partial charge in [-0.3, -0.25) is 4.79 Å². The lowest BCUT2D eigenvalue weighted by atomic mass is 9.69. The minimum Gasteiger partial charge on any atom is -0.493 e. The van der Waals surface area contributed by atoms with E-state index in [1.165, 1.54) is 32.4 Å². The third-order valence-electron chi connectivity index (χ3n) is 6.42. The monoisotopic (exact) mass is 440 g/mol. The van der Waals surface area contributed by atoms with Crippen molar-refractivity contribution < 1.29 is 22.7 Å². The Labute approximate surface area is 181 Å². The second-order valence-corrected chi connectivity index (χ2v) is 10.4. The van der Waals surface area contributed by atoms with E-state index in [1.807, 2.05) is 0 Å². The average molecular weight is 441 g/mol. The Morgan fingerprint density at radius 1 is 1.10 bits per heavy atom. The van der Waals surface area contributed by atoms with Gasteiger partial charge in [0.1, 0.15) is 0 Å². The van der Waals surface area contributed by atoms with Gasteiger partial charge < -0.3 is 14.8 Å². The fourth-order valence-corrected chi connectivity index (χ4v) is 5.02. The van der Waals surface area contributed by atoms with E-state index in [2.05, 4.69) is 30.8 Å². The molecule has 1 fully saturated rings. The highest BCUT2D eigenvalue weighted by molar-refractivity contribution is 7.89. The molecule has 7 nitrogen and oxygen atoms in total. The maximum atomic E-state index is 12.5. The average Bonchev–Trinajstić information content (AvgIpc) is 2.73. The van der Waals surface area contributed by atoms with Gasteiger partial charge in [-0.15, -0.1) is 0 Å². The molecule has 1 aliphatic rings. The molecule has 0 bridgehead atoms. The van der Waals surface area contributed by atoms with Crippen molar-refractivity contribution in [2.45, 2.75) is 70.2 Å². The molecule has 8 heteroatoms. The number of nitrogens with one attached hydrogen (secondary N) is 2. The molecule has 0 saturated heterocycles. The van der Waals surface area contributed by atoms with Crippen LogP contribution in [0.3, 0.4) is 0 Å². The van der Waals surface area contributed by atoms with Crippen LogP contribution in [-0.4, -0.2) is 41.1 Å². The van der Waals surface area contributed by atoms with Gasteiger partial charge in [0.25, 0.3) is 0 Å². The van der Waals surface area contributed by atoms with Crippen molar-refractivity contribution in [3.05, 3.63) is 18.2 Å². The van der Waals surface area contributed by atoms with Crippen molar-refractivity contribution in [3.8, 4) is 11.5 Å². The smallest absolute Gasteiger partial charge is 0.240 e. The van der Waals surface area contributed by atoms with Gasteiger partial charge in [-0.1, -0.05) is 27.2 Å². The first kappa shape index (κ1) is 24.5. The summed E-state index contributed by atoms with van der Waals surface area (Å²) in [6, 6.07) is 4.57. The number of hydrogen-bond donors (Lipinski definition) is 2. The summed E-state index contributed by atoms with van der Waals surface area (Å²) in [5.74, 6) is 1.36. The van der Waals surface area contributed by atoms with Crippen molar-refractivity contribution in [2.24, 2.45) is 11.3 Å². The number of hydrogen-bond acceptors (Lipinski definition) is 5. The van der Waals surface area contributed by atoms with Gasteiger partial charge in [-0.25, -0.2) is 13.1 Å². The summed E-state index contributed by atoms with van der Waals surface area (Å²) in [5, 5.41) is 3.06. The first-order valence-corrected chi connectivity index (χ1v) is 12.1. The molecule has 2 N–H and O–H groups in total. The first-order valence-electron chi connectivity index (χ1n) is 10.6. The lowest BCUT2D eigenvalue weighted by molar-refractivity contribution is -0.122. The minimum absolute atomic E-state index is 0.0424. The van der Waals surface area contributed by atoms with Gasteiger partial charge in [-0.05, 0) is 49.1 Å². The van der Waals surface area contributed by atoms with E-state index < -0.39 is 10.0 Å². The standard InChI is InChI=1S/C22H36N2O5S/c1-6-22(2,3)16-7-9-17(10-8-16)24-21(25)13-14-23-30(26,27)18-11-12-19(28-4)20(15-18)29-5/h11-12,15-17,23H,6-10,13-14H2,1-5H3,(H,24,25). The number of carbonyl (C=O) groups is 1. The van der Waals surface area contributed by atoms with Crippen molar-refractivity contribution in [1.29, 1.82) is 0 Å². The molecule has 170 valence electrons. The van der Waals surface area contributed by atoms with Crippen LogP contribution in [0.4, 0.5) is 0 Å². The second kappa shape index (κ2) is 10.5. The molecule has 0 spiro atoms. The topological polar surface area (TPSA) is 93.7 Å². The zero-order valence-electron chi connectivity index (χ0n) is 18.8. The fourth-order valence-electron chi connectivity index (χ4n) is 3.97. The molecular weight excluding hydrogens is 404 g/mol. The molecule has 1 aliphatic carbocycles. The maximum Gasteiger partial charge on any atom is 0.240 e. The Bertz CT molecular complexity index is 815. The molecular formula is C22H36N2O5S. The summed E-state index contributed by atoms with van der Waals surface area (Å²) >= 11 is 0. The Kier molecular flexibility index (Phi) is 8.55. The molecule has 0 heterocycles. The van der Waals surface area contributed by atoms with E-state index in [1.54, 1.807) is 0 Å². The molecule has 1 aromatic rings. The van der Waals surface area contributed by atoms with Crippen LogP contribution in [0.5, 0.6) is 11.5 Å². The van der Waals surface area contributed by atoms with Gasteiger partial charge in [0, 0.05) is 25.1 Å². The summed E-state index contributed by atoms with van der Waals surface area (Å²) in [6.45, 7) is 6.92. The second-order valence-electron chi connectivity index (χ2n) is 8.62. The SMILES string of the molecule is CCC(C)(C)C1CCC(NC(=O)CCNS(=O)(=O)c2ccc(OC)c(OC)c2)CC1. The molecule has 0 radical (unpaired) electrons. The summed E-state index contributed by atoms with van der Waals surface area (Å²) in [5.41, 5.74) is 0.345. The number of amides is 1. The predicted octanol–water partition coefficient (Wildman–Crippen LogP) is 3.48. The normalized spacial score (nSPS) is 19.9. The van der Waals surface area contributed by atoms with Crippen LogP contribution in [0, 0.1) is 11.3 Å². The molecule has 30 heavy (non-hydrogen) atoms. The number of methoxy groups -OCH3 is 2. The van der Waals surface area contributed by atoms with Crippen LogP contribution in [0.1, 0.15) is 59.3 Å². The third kappa shape index (κ3) is 6.35. The van der Waals surface area contributed by atoms with Crippen LogP contribution < -0.4 is 19.5 Å². The summed E-state index contributed by atoms with van der Waals surface area (Å²) in [6.07, 6.45) is 5.48. The fraction of sp³-hybridized carbons (Fsp3) is 0.682. The third-order valence-corrected chi connectivity index (χ3v) is 7.88. The Hall–Kier alpha value is -1.80. The van der Waals surface area contributed by atoms with Gasteiger partial charge in [0.15, 0.2) is 11.5 Å². The van der Waals surface area contributed by atoms with E-state index in [0.717, 1.165) is 32.1 Å². The molecule has 1 saturated carbocycles. The Morgan fingerprint density at radius 3 is 2.30 bits per heavy atom. The highest BCUT2D eigenvalue weighted by Gasteiger charge is 2.32. The zero-order valence-corrected chi connectivity index (χ0v) is 19.6. The molecule has 0 aromatic heterocycles. The molecule has 0 aliphatic heterocycles. The Balaban J connectivity index is 1.80. The summed E-state index contributed by atoms with van der Waals surface area (Å²) in [7, 11) is -0.805. The van der Waals surface area contributed by atoms with E-state index in [-0.39, 0.29) is 29.8 Å². The van der Waals surface area contributed by atoms with Crippen molar-refractivity contribution in [1.82, 2.24) is 10.0 Å². The van der Waals surface area contributed by atoms with E-state index >= 15 is 0 Å². The van der Waals surface area contributed by atoms with Crippen LogP contribution in [0.2, 0.25) is 0 Å². The van der Waals surface area contributed by atoms with Gasteiger partial charge in [-0.2, -0.15) is 0 Å². The zero-order chi connectivity index (χ0) is 22.4. The quantitative estimate of drug-likeness (QED) is 0.581. The van der Waals surface area contributed by atoms with Gasteiger partial charge >= 0.3 is 0 Å². The summed E-state index contributed by atoms with van der Waals surface area (Å²) < 4.78 is 37.7. The number of benzene rings is 1. The predicted molar refractivity (Wildman–Crippen MR) is 117 cm³/mol. The molecule has 0 unspecified atom stereocenters. The highest BCUT2D eigenvalue weighted by atomic mass is 32.2. The maximum absolute atomic E-state index is 12.5. The van der Waals surface area contributed by atoms with Crippen LogP contribution >= 0.6 is 0 Å². The van der Waals surface area contributed by atoms with Crippen molar-refractivity contribution in [3.63, 3.8) is 0 Å². The molecule has 1 amide bonds. The highest BCUT2D eigenvalue weighted by Crippen LogP contribution is 2.40. The van der Waals surface area contributed by atoms with E-state index in [9.17, 15) is 13.2 Å². The number of carbonyl (C=O) groups excluding carboxylic acids is 1. The largest absolute Gasteiger partial charge is 0.493 e. The van der Waals surface area contributed by atoms with Crippen LogP contribution in [0.25, 0.3) is 0 Å².